The Hall–Kier alpha value is -3.30. The number of carbonyl (C=O) groups excluding carboxylic acids is 2. The number of carbonyl (C=O) groups is 2. The van der Waals surface area contributed by atoms with Crippen molar-refractivity contribution in [3.63, 3.8) is 0 Å². The van der Waals surface area contributed by atoms with E-state index in [0.29, 0.717) is 23.3 Å². The van der Waals surface area contributed by atoms with E-state index in [4.69, 9.17) is 21.3 Å². The molecule has 2 aliphatic rings. The average Bonchev–Trinajstić information content (AvgIpc) is 3.21. The van der Waals surface area contributed by atoms with Crippen molar-refractivity contribution in [3.8, 4) is 5.75 Å². The first kappa shape index (κ1) is 23.8. The molecule has 34 heavy (non-hydrogen) atoms. The topological polar surface area (TPSA) is 88.9 Å². The maximum atomic E-state index is 13.1. The number of halogens is 1. The molecule has 0 aliphatic carbocycles. The highest BCUT2D eigenvalue weighted by Gasteiger charge is 2.52. The van der Waals surface area contributed by atoms with Gasteiger partial charge in [0, 0.05) is 32.7 Å². The van der Waals surface area contributed by atoms with Crippen LogP contribution in [0.1, 0.15) is 5.56 Å². The van der Waals surface area contributed by atoms with Crippen molar-refractivity contribution in [1.82, 2.24) is 19.6 Å². The van der Waals surface area contributed by atoms with Crippen molar-refractivity contribution in [2.24, 2.45) is 4.99 Å². The fourth-order valence-corrected chi connectivity index (χ4v) is 4.32. The fourth-order valence-electron chi connectivity index (χ4n) is 4.19. The van der Waals surface area contributed by atoms with Crippen LogP contribution < -0.4 is 4.74 Å². The van der Waals surface area contributed by atoms with E-state index in [9.17, 15) is 14.7 Å². The van der Waals surface area contributed by atoms with Gasteiger partial charge in [-0.25, -0.2) is 9.79 Å². The van der Waals surface area contributed by atoms with Gasteiger partial charge in [-0.1, -0.05) is 41.9 Å². The van der Waals surface area contributed by atoms with Gasteiger partial charge in [0.05, 0.1) is 6.54 Å². The van der Waals surface area contributed by atoms with Crippen LogP contribution in [0.2, 0.25) is 5.02 Å². The zero-order valence-corrected chi connectivity index (χ0v) is 20.1. The molecule has 2 heterocycles. The Morgan fingerprint density at radius 3 is 2.47 bits per heavy atom. The molecule has 1 saturated heterocycles. The summed E-state index contributed by atoms with van der Waals surface area (Å²) in [6.07, 6.45) is -1.58. The number of hydrogen-bond acceptors (Lipinski definition) is 7. The minimum atomic E-state index is -0.911. The Bertz CT molecular complexity index is 1060. The molecule has 0 bridgehead atoms. The lowest BCUT2D eigenvalue weighted by Gasteiger charge is -2.41. The first-order valence-electron chi connectivity index (χ1n) is 11.0. The molecule has 3 amide bonds. The highest BCUT2D eigenvalue weighted by atomic mass is 35.5. The number of hydrogen-bond donors (Lipinski definition) is 1. The summed E-state index contributed by atoms with van der Waals surface area (Å²) < 4.78 is 5.70. The van der Waals surface area contributed by atoms with E-state index in [2.05, 4.69) is 0 Å². The number of aliphatic hydroxyl groups is 1. The normalized spacial score (nSPS) is 20.9. The van der Waals surface area contributed by atoms with Gasteiger partial charge in [-0.05, 0) is 29.8 Å². The number of amides is 3. The zero-order chi connectivity index (χ0) is 24.4. The SMILES string of the molecule is CN(Cc1ccccc1)C1=NC2C(C(=O)N(C)C(=O)N2C)N1CC(O)COc1ccc(Cl)cc1. The van der Waals surface area contributed by atoms with E-state index in [-0.39, 0.29) is 19.1 Å². The fraction of sp³-hybridized carbons (Fsp3) is 0.375. The van der Waals surface area contributed by atoms with Gasteiger partial charge in [-0.2, -0.15) is 0 Å². The van der Waals surface area contributed by atoms with Crippen LogP contribution in [0.25, 0.3) is 0 Å². The van der Waals surface area contributed by atoms with Crippen LogP contribution in [-0.4, -0.2) is 95.2 Å². The summed E-state index contributed by atoms with van der Waals surface area (Å²) in [5.74, 6) is 0.759. The second-order valence-corrected chi connectivity index (χ2v) is 8.93. The highest BCUT2D eigenvalue weighted by molar-refractivity contribution is 6.30. The molecule has 0 radical (unpaired) electrons. The van der Waals surface area contributed by atoms with E-state index in [1.165, 1.54) is 11.9 Å². The molecule has 0 spiro atoms. The van der Waals surface area contributed by atoms with Crippen LogP contribution in [0.5, 0.6) is 5.75 Å². The molecule has 1 fully saturated rings. The Morgan fingerprint density at radius 2 is 1.79 bits per heavy atom. The van der Waals surface area contributed by atoms with E-state index in [0.717, 1.165) is 10.5 Å². The number of imide groups is 1. The summed E-state index contributed by atoms with van der Waals surface area (Å²) in [6, 6.07) is 15.6. The van der Waals surface area contributed by atoms with Gasteiger partial charge in [-0.3, -0.25) is 9.69 Å². The number of guanidine groups is 1. The number of aliphatic imine (C=N–C) groups is 1. The first-order valence-corrected chi connectivity index (χ1v) is 11.3. The minimum Gasteiger partial charge on any atom is -0.491 e. The van der Waals surface area contributed by atoms with Crippen molar-refractivity contribution in [2.45, 2.75) is 24.9 Å². The van der Waals surface area contributed by atoms with E-state index >= 15 is 0 Å². The van der Waals surface area contributed by atoms with Gasteiger partial charge in [0.2, 0.25) is 0 Å². The largest absolute Gasteiger partial charge is 0.491 e. The van der Waals surface area contributed by atoms with Gasteiger partial charge < -0.3 is 24.5 Å². The highest BCUT2D eigenvalue weighted by Crippen LogP contribution is 2.28. The number of nitrogens with zero attached hydrogens (tertiary/aromatic N) is 5. The maximum absolute atomic E-state index is 13.1. The zero-order valence-electron chi connectivity index (χ0n) is 19.3. The molecule has 2 aromatic rings. The number of urea groups is 1. The van der Waals surface area contributed by atoms with Crippen LogP contribution in [0.4, 0.5) is 4.79 Å². The van der Waals surface area contributed by atoms with E-state index < -0.39 is 24.3 Å². The molecule has 0 saturated carbocycles. The summed E-state index contributed by atoms with van der Waals surface area (Å²) in [7, 11) is 4.97. The molecular weight excluding hydrogens is 458 g/mol. The average molecular weight is 486 g/mol. The summed E-state index contributed by atoms with van der Waals surface area (Å²) in [5.41, 5.74) is 1.07. The third-order valence-electron chi connectivity index (χ3n) is 5.96. The van der Waals surface area contributed by atoms with Crippen LogP contribution in [0.15, 0.2) is 59.6 Å². The molecule has 4 rings (SSSR count). The van der Waals surface area contributed by atoms with Crippen LogP contribution in [0, 0.1) is 0 Å². The molecule has 10 heteroatoms. The van der Waals surface area contributed by atoms with Crippen LogP contribution in [0.3, 0.4) is 0 Å². The molecule has 9 nitrogen and oxygen atoms in total. The number of aliphatic hydroxyl groups excluding tert-OH is 1. The van der Waals surface area contributed by atoms with Gasteiger partial charge in [-0.15, -0.1) is 0 Å². The van der Waals surface area contributed by atoms with Crippen molar-refractivity contribution in [2.75, 3.05) is 34.3 Å². The number of ether oxygens (including phenoxy) is 1. The molecule has 2 aliphatic heterocycles. The van der Waals surface area contributed by atoms with Crippen molar-refractivity contribution >= 4 is 29.5 Å². The maximum Gasteiger partial charge on any atom is 0.328 e. The standard InChI is InChI=1S/C24H28ClN5O4/c1-27(13-16-7-5-4-6-8-16)23-26-21-20(22(32)29(3)24(33)28(21)2)30(23)14-18(31)15-34-19-11-9-17(25)10-12-19/h4-12,18,20-21,31H,13-15H2,1-3H3. The molecule has 1 N–H and O–H groups in total. The summed E-state index contributed by atoms with van der Waals surface area (Å²) in [4.78, 5) is 36.6. The third kappa shape index (κ3) is 4.80. The van der Waals surface area contributed by atoms with Gasteiger partial charge in [0.25, 0.3) is 5.91 Å². The molecule has 180 valence electrons. The first-order chi connectivity index (χ1) is 16.3. The lowest BCUT2D eigenvalue weighted by atomic mass is 10.1. The predicted molar refractivity (Wildman–Crippen MR) is 129 cm³/mol. The van der Waals surface area contributed by atoms with Crippen molar-refractivity contribution in [1.29, 1.82) is 0 Å². The van der Waals surface area contributed by atoms with E-state index in [1.54, 1.807) is 36.2 Å². The van der Waals surface area contributed by atoms with Crippen LogP contribution in [-0.2, 0) is 11.3 Å². The van der Waals surface area contributed by atoms with Gasteiger partial charge in [0.1, 0.15) is 18.5 Å². The van der Waals surface area contributed by atoms with E-state index in [1.807, 2.05) is 42.3 Å². The Kier molecular flexibility index (Phi) is 6.95. The smallest absolute Gasteiger partial charge is 0.328 e. The minimum absolute atomic E-state index is 0.0179. The molecule has 2 aromatic carbocycles. The summed E-state index contributed by atoms with van der Waals surface area (Å²) >= 11 is 5.91. The lowest BCUT2D eigenvalue weighted by molar-refractivity contribution is -0.136. The summed E-state index contributed by atoms with van der Waals surface area (Å²) in [5, 5.41) is 11.4. The van der Waals surface area contributed by atoms with Gasteiger partial charge >= 0.3 is 6.03 Å². The monoisotopic (exact) mass is 485 g/mol. The van der Waals surface area contributed by atoms with Crippen molar-refractivity contribution in [3.05, 3.63) is 65.2 Å². The second-order valence-electron chi connectivity index (χ2n) is 8.49. The van der Waals surface area contributed by atoms with Crippen LogP contribution >= 0.6 is 11.6 Å². The van der Waals surface area contributed by atoms with Gasteiger partial charge in [0.15, 0.2) is 18.2 Å². The number of fused-ring (bicyclic) bond motifs is 1. The predicted octanol–water partition coefficient (Wildman–Crippen LogP) is 2.10. The number of β-amino-alcohol motifs (C(OH)–C–C–N with tert-alkyl or cyclic N) is 1. The molecule has 0 aromatic heterocycles. The quantitative estimate of drug-likeness (QED) is 0.646. The Balaban J connectivity index is 1.54. The van der Waals surface area contributed by atoms with Crippen molar-refractivity contribution < 1.29 is 19.4 Å². The molecular formula is C24H28ClN5O4. The Labute approximate surface area is 203 Å². The summed E-state index contributed by atoms with van der Waals surface area (Å²) in [6.45, 7) is 0.674. The lowest BCUT2D eigenvalue weighted by Crippen LogP contribution is -2.65. The Morgan fingerprint density at radius 1 is 1.12 bits per heavy atom. The molecule has 3 unspecified atom stereocenters. The number of likely N-dealkylation sites (N-methyl/N-ethyl adjacent to an activating group) is 2. The molecule has 3 atom stereocenters. The number of rotatable bonds is 7. The number of benzene rings is 2. The third-order valence-corrected chi connectivity index (χ3v) is 6.21. The second kappa shape index (κ2) is 9.90.